The average Bonchev–Trinajstić information content (AvgIpc) is 2.90. The smallest absolute Gasteiger partial charge is 0.237 e. The van der Waals surface area contributed by atoms with Crippen LogP contribution in [0.2, 0.25) is 0 Å². The fraction of sp³-hybridized carbons (Fsp3) is 0.500. The lowest BCUT2D eigenvalue weighted by molar-refractivity contribution is -0.123. The van der Waals surface area contributed by atoms with E-state index in [-0.39, 0.29) is 11.9 Å². The summed E-state index contributed by atoms with van der Waals surface area (Å²) in [7, 11) is 0. The van der Waals surface area contributed by atoms with Crippen molar-refractivity contribution in [1.29, 1.82) is 0 Å². The molecular weight excluding hydrogens is 226 g/mol. The number of nitrogens with one attached hydrogen (secondary N) is 3. The van der Waals surface area contributed by atoms with Gasteiger partial charge in [0.15, 0.2) is 0 Å². The Balaban J connectivity index is 1.73. The topological polar surface area (TPSA) is 53.2 Å². The fourth-order valence-electron chi connectivity index (χ4n) is 2.16. The zero-order valence-corrected chi connectivity index (χ0v) is 10.8. The van der Waals surface area contributed by atoms with Crippen molar-refractivity contribution in [2.45, 2.75) is 32.0 Å². The molecule has 1 saturated heterocycles. The van der Waals surface area contributed by atoms with Crippen LogP contribution >= 0.6 is 0 Å². The van der Waals surface area contributed by atoms with Gasteiger partial charge in [-0.25, -0.2) is 0 Å². The summed E-state index contributed by atoms with van der Waals surface area (Å²) in [5, 5.41) is 9.57. The summed E-state index contributed by atoms with van der Waals surface area (Å²) < 4.78 is 0. The van der Waals surface area contributed by atoms with Gasteiger partial charge >= 0.3 is 0 Å². The molecule has 1 aliphatic rings. The first-order valence-electron chi connectivity index (χ1n) is 6.54. The molecule has 4 heteroatoms. The Morgan fingerprint density at radius 2 is 2.22 bits per heavy atom. The predicted octanol–water partition coefficient (Wildman–Crippen LogP) is 0.643. The lowest BCUT2D eigenvalue weighted by atomic mass is 10.2. The Kier molecular flexibility index (Phi) is 4.73. The number of carbonyl (C=O) groups is 1. The van der Waals surface area contributed by atoms with Gasteiger partial charge in [-0.3, -0.25) is 4.79 Å². The van der Waals surface area contributed by atoms with Gasteiger partial charge in [-0.1, -0.05) is 30.3 Å². The average molecular weight is 247 g/mol. The lowest BCUT2D eigenvalue weighted by Gasteiger charge is -2.18. The summed E-state index contributed by atoms with van der Waals surface area (Å²) in [6.07, 6.45) is 1.09. The Labute approximate surface area is 108 Å². The maximum absolute atomic E-state index is 11.9. The molecule has 2 rings (SSSR count). The van der Waals surface area contributed by atoms with Gasteiger partial charge in [-0.05, 0) is 25.5 Å². The Bertz CT molecular complexity index is 374. The first kappa shape index (κ1) is 13.1. The molecule has 1 fully saturated rings. The molecule has 98 valence electrons. The van der Waals surface area contributed by atoms with Crippen LogP contribution < -0.4 is 16.0 Å². The summed E-state index contributed by atoms with van der Waals surface area (Å²) >= 11 is 0. The second kappa shape index (κ2) is 6.52. The van der Waals surface area contributed by atoms with Crippen LogP contribution in [0.25, 0.3) is 0 Å². The number of hydrogen-bond donors (Lipinski definition) is 3. The summed E-state index contributed by atoms with van der Waals surface area (Å²) in [6, 6.07) is 10.2. The van der Waals surface area contributed by atoms with Gasteiger partial charge in [-0.15, -0.1) is 0 Å². The van der Waals surface area contributed by atoms with E-state index in [0.29, 0.717) is 12.6 Å². The van der Waals surface area contributed by atoms with Gasteiger partial charge in [0.2, 0.25) is 5.91 Å². The number of hydrogen-bond acceptors (Lipinski definition) is 3. The van der Waals surface area contributed by atoms with Crippen molar-refractivity contribution in [2.75, 3.05) is 13.1 Å². The van der Waals surface area contributed by atoms with E-state index in [0.717, 1.165) is 25.1 Å². The minimum Gasteiger partial charge on any atom is -0.351 e. The molecule has 1 amide bonds. The van der Waals surface area contributed by atoms with Crippen LogP contribution in [0.5, 0.6) is 0 Å². The maximum atomic E-state index is 11.9. The molecular formula is C14H21N3O. The van der Waals surface area contributed by atoms with Gasteiger partial charge < -0.3 is 16.0 Å². The lowest BCUT2D eigenvalue weighted by Crippen LogP contribution is -2.47. The summed E-state index contributed by atoms with van der Waals surface area (Å²) in [5.41, 5.74) is 1.13. The number of amides is 1. The van der Waals surface area contributed by atoms with Crippen LogP contribution in [0, 0.1) is 0 Å². The molecule has 1 aromatic carbocycles. The second-order valence-corrected chi connectivity index (χ2v) is 4.78. The van der Waals surface area contributed by atoms with E-state index >= 15 is 0 Å². The van der Waals surface area contributed by atoms with Crippen molar-refractivity contribution >= 4 is 5.91 Å². The SMILES string of the molecule is CC(NC1CCNC1)C(=O)NCc1ccccc1. The van der Waals surface area contributed by atoms with Gasteiger partial charge in [0.05, 0.1) is 6.04 Å². The van der Waals surface area contributed by atoms with Crippen LogP contribution in [-0.4, -0.2) is 31.1 Å². The van der Waals surface area contributed by atoms with Crippen LogP contribution in [0.4, 0.5) is 0 Å². The molecule has 1 heterocycles. The maximum Gasteiger partial charge on any atom is 0.237 e. The fourth-order valence-corrected chi connectivity index (χ4v) is 2.16. The van der Waals surface area contributed by atoms with E-state index in [4.69, 9.17) is 0 Å². The molecule has 2 unspecified atom stereocenters. The van der Waals surface area contributed by atoms with Gasteiger partial charge in [-0.2, -0.15) is 0 Å². The molecule has 0 bridgehead atoms. The van der Waals surface area contributed by atoms with Crippen molar-refractivity contribution in [3.63, 3.8) is 0 Å². The van der Waals surface area contributed by atoms with Crippen LogP contribution in [0.1, 0.15) is 18.9 Å². The van der Waals surface area contributed by atoms with Crippen molar-refractivity contribution in [3.8, 4) is 0 Å². The predicted molar refractivity (Wildman–Crippen MR) is 72.2 cm³/mol. The second-order valence-electron chi connectivity index (χ2n) is 4.78. The van der Waals surface area contributed by atoms with E-state index in [1.54, 1.807) is 0 Å². The largest absolute Gasteiger partial charge is 0.351 e. The third-order valence-corrected chi connectivity index (χ3v) is 3.25. The molecule has 0 saturated carbocycles. The third kappa shape index (κ3) is 3.82. The monoisotopic (exact) mass is 247 g/mol. The highest BCUT2D eigenvalue weighted by molar-refractivity contribution is 5.81. The number of benzene rings is 1. The number of carbonyl (C=O) groups excluding carboxylic acids is 1. The Morgan fingerprint density at radius 3 is 2.89 bits per heavy atom. The standard InChI is InChI=1S/C14H21N3O/c1-11(17-13-7-8-15-10-13)14(18)16-9-12-5-3-2-4-6-12/h2-6,11,13,15,17H,7-10H2,1H3,(H,16,18). The third-order valence-electron chi connectivity index (χ3n) is 3.25. The highest BCUT2D eigenvalue weighted by Gasteiger charge is 2.20. The summed E-state index contributed by atoms with van der Waals surface area (Å²) in [6.45, 7) is 4.50. The van der Waals surface area contributed by atoms with Crippen molar-refractivity contribution in [1.82, 2.24) is 16.0 Å². The van der Waals surface area contributed by atoms with E-state index in [2.05, 4.69) is 16.0 Å². The number of rotatable bonds is 5. The van der Waals surface area contributed by atoms with Crippen molar-refractivity contribution in [3.05, 3.63) is 35.9 Å². The van der Waals surface area contributed by atoms with E-state index < -0.39 is 0 Å². The van der Waals surface area contributed by atoms with E-state index in [1.807, 2.05) is 37.3 Å². The quantitative estimate of drug-likeness (QED) is 0.716. The van der Waals surface area contributed by atoms with Gasteiger partial charge in [0.25, 0.3) is 0 Å². The summed E-state index contributed by atoms with van der Waals surface area (Å²) in [5.74, 6) is 0.0609. The Hall–Kier alpha value is -1.39. The molecule has 0 radical (unpaired) electrons. The van der Waals surface area contributed by atoms with Gasteiger partial charge in [0, 0.05) is 19.1 Å². The van der Waals surface area contributed by atoms with E-state index in [1.165, 1.54) is 0 Å². The first-order valence-corrected chi connectivity index (χ1v) is 6.54. The molecule has 0 aromatic heterocycles. The molecule has 1 aliphatic heterocycles. The summed E-state index contributed by atoms with van der Waals surface area (Å²) in [4.78, 5) is 11.9. The molecule has 2 atom stereocenters. The Morgan fingerprint density at radius 1 is 1.44 bits per heavy atom. The zero-order valence-electron chi connectivity index (χ0n) is 10.8. The highest BCUT2D eigenvalue weighted by Crippen LogP contribution is 2.00. The molecule has 0 aliphatic carbocycles. The molecule has 4 nitrogen and oxygen atoms in total. The molecule has 18 heavy (non-hydrogen) atoms. The molecule has 1 aromatic rings. The van der Waals surface area contributed by atoms with Gasteiger partial charge in [0.1, 0.15) is 0 Å². The zero-order chi connectivity index (χ0) is 12.8. The van der Waals surface area contributed by atoms with Crippen LogP contribution in [0.3, 0.4) is 0 Å². The van der Waals surface area contributed by atoms with Crippen molar-refractivity contribution < 1.29 is 4.79 Å². The van der Waals surface area contributed by atoms with Crippen LogP contribution in [0.15, 0.2) is 30.3 Å². The highest BCUT2D eigenvalue weighted by atomic mass is 16.2. The molecule has 0 spiro atoms. The van der Waals surface area contributed by atoms with Crippen LogP contribution in [-0.2, 0) is 11.3 Å². The minimum atomic E-state index is -0.140. The van der Waals surface area contributed by atoms with E-state index in [9.17, 15) is 4.79 Å². The molecule has 3 N–H and O–H groups in total. The minimum absolute atomic E-state index is 0.0609. The normalized spacial score (nSPS) is 20.6. The van der Waals surface area contributed by atoms with Crippen molar-refractivity contribution in [2.24, 2.45) is 0 Å². The first-order chi connectivity index (χ1) is 8.75.